The van der Waals surface area contributed by atoms with Gasteiger partial charge in [-0.3, -0.25) is 4.79 Å². The number of fused-ring (bicyclic) bond motifs is 1. The molecule has 3 heterocycles. The number of amides is 1. The first kappa shape index (κ1) is 23.8. The highest BCUT2D eigenvalue weighted by Gasteiger charge is 2.39. The maximum absolute atomic E-state index is 13.1. The third-order valence-electron chi connectivity index (χ3n) is 6.03. The van der Waals surface area contributed by atoms with Gasteiger partial charge in [0.05, 0.1) is 5.56 Å². The molecule has 0 aliphatic heterocycles. The summed E-state index contributed by atoms with van der Waals surface area (Å²) >= 11 is 0. The topological polar surface area (TPSA) is 62.5 Å². The first-order chi connectivity index (χ1) is 15.9. The molecule has 4 rings (SSSR count). The molecule has 1 saturated carbocycles. The summed E-state index contributed by atoms with van der Waals surface area (Å²) in [4.78, 5) is 20.9. The van der Waals surface area contributed by atoms with Gasteiger partial charge in [0.1, 0.15) is 17.0 Å². The first-order valence-electron chi connectivity index (χ1n) is 10.5. The molecule has 0 unspecified atom stereocenters. The van der Waals surface area contributed by atoms with E-state index in [4.69, 9.17) is 0 Å². The number of hydrogen-bond donors (Lipinski definition) is 1. The number of carbonyl (C=O) groups excluding carboxylic acids is 1. The van der Waals surface area contributed by atoms with E-state index in [1.54, 1.807) is 35.1 Å². The molecule has 1 fully saturated rings. The molecule has 6 nitrogen and oxygen atoms in total. The van der Waals surface area contributed by atoms with Gasteiger partial charge in [0.2, 0.25) is 0 Å². The minimum atomic E-state index is -5.00. The van der Waals surface area contributed by atoms with E-state index in [0.29, 0.717) is 49.0 Å². The van der Waals surface area contributed by atoms with Crippen molar-refractivity contribution in [2.45, 2.75) is 50.1 Å². The Hall–Kier alpha value is -3.31. The van der Waals surface area contributed by atoms with Gasteiger partial charge in [-0.25, -0.2) is 9.97 Å². The van der Waals surface area contributed by atoms with E-state index >= 15 is 0 Å². The molecular formula is C22H21F6N5O. The summed E-state index contributed by atoms with van der Waals surface area (Å²) in [5, 5.41) is 2.95. The molecule has 0 radical (unpaired) electrons. The molecule has 1 amide bonds. The van der Waals surface area contributed by atoms with Gasteiger partial charge in [0, 0.05) is 43.4 Å². The zero-order valence-corrected chi connectivity index (χ0v) is 18.0. The van der Waals surface area contributed by atoms with Gasteiger partial charge in [-0.15, -0.1) is 0 Å². The second-order valence-electron chi connectivity index (χ2n) is 8.29. The van der Waals surface area contributed by atoms with Crippen molar-refractivity contribution in [3.8, 4) is 0 Å². The minimum absolute atomic E-state index is 0.149. The van der Waals surface area contributed by atoms with Crippen molar-refractivity contribution in [1.82, 2.24) is 19.7 Å². The fourth-order valence-electron chi connectivity index (χ4n) is 4.15. The Balaban J connectivity index is 1.42. The van der Waals surface area contributed by atoms with E-state index in [-0.39, 0.29) is 23.7 Å². The molecular weight excluding hydrogens is 464 g/mol. The van der Waals surface area contributed by atoms with Crippen molar-refractivity contribution in [3.05, 3.63) is 59.8 Å². The Bertz CT molecular complexity index is 1150. The number of hydrogen-bond acceptors (Lipinski definition) is 4. The zero-order chi connectivity index (χ0) is 24.7. The summed E-state index contributed by atoms with van der Waals surface area (Å²) in [6.07, 6.45) is -2.93. The van der Waals surface area contributed by atoms with Crippen LogP contribution >= 0.6 is 0 Å². The summed E-state index contributed by atoms with van der Waals surface area (Å²) < 4.78 is 80.5. The van der Waals surface area contributed by atoms with Gasteiger partial charge in [-0.2, -0.15) is 26.3 Å². The predicted octanol–water partition coefficient (Wildman–Crippen LogP) is 4.94. The van der Waals surface area contributed by atoms with E-state index in [0.717, 1.165) is 0 Å². The minimum Gasteiger partial charge on any atom is -0.371 e. The number of rotatable bonds is 4. The Morgan fingerprint density at radius 2 is 1.65 bits per heavy atom. The highest BCUT2D eigenvalue weighted by atomic mass is 19.4. The molecule has 0 saturated heterocycles. The summed E-state index contributed by atoms with van der Waals surface area (Å²) in [6.45, 7) is 0. The van der Waals surface area contributed by atoms with Gasteiger partial charge >= 0.3 is 12.4 Å². The number of pyridine rings is 2. The van der Waals surface area contributed by atoms with Crippen LogP contribution < -0.4 is 10.2 Å². The molecule has 34 heavy (non-hydrogen) atoms. The van der Waals surface area contributed by atoms with Crippen LogP contribution in [0.15, 0.2) is 42.9 Å². The van der Waals surface area contributed by atoms with Crippen LogP contribution in [0.3, 0.4) is 0 Å². The molecule has 12 heteroatoms. The Morgan fingerprint density at radius 1 is 1.03 bits per heavy atom. The lowest BCUT2D eigenvalue weighted by Gasteiger charge is -2.36. The smallest absolute Gasteiger partial charge is 0.371 e. The van der Waals surface area contributed by atoms with Crippen LogP contribution in [0.4, 0.5) is 32.0 Å². The van der Waals surface area contributed by atoms with E-state index in [1.807, 2.05) is 0 Å². The third-order valence-corrected chi connectivity index (χ3v) is 6.03. The normalized spacial score (nSPS) is 19.3. The van der Waals surface area contributed by atoms with Crippen LogP contribution in [-0.4, -0.2) is 39.4 Å². The van der Waals surface area contributed by atoms with Crippen LogP contribution in [0, 0.1) is 0 Å². The van der Waals surface area contributed by atoms with E-state index < -0.39 is 23.7 Å². The number of alkyl halides is 6. The van der Waals surface area contributed by atoms with Gasteiger partial charge in [0.25, 0.3) is 5.91 Å². The molecule has 1 aliphatic rings. The van der Waals surface area contributed by atoms with Crippen LogP contribution in [0.5, 0.6) is 0 Å². The molecule has 0 aromatic carbocycles. The van der Waals surface area contributed by atoms with E-state index in [9.17, 15) is 31.1 Å². The lowest BCUT2D eigenvalue weighted by molar-refractivity contribution is -0.150. The lowest BCUT2D eigenvalue weighted by atomic mass is 9.90. The van der Waals surface area contributed by atoms with Crippen molar-refractivity contribution in [3.63, 3.8) is 0 Å². The second kappa shape index (κ2) is 8.80. The molecule has 182 valence electrons. The van der Waals surface area contributed by atoms with Gasteiger partial charge in [0.15, 0.2) is 0 Å². The highest BCUT2D eigenvalue weighted by Crippen LogP contribution is 2.37. The Kier molecular flexibility index (Phi) is 6.17. The van der Waals surface area contributed by atoms with Gasteiger partial charge in [-0.1, -0.05) is 0 Å². The molecule has 1 aliphatic carbocycles. The second-order valence-corrected chi connectivity index (χ2v) is 8.29. The average Bonchev–Trinajstić information content (AvgIpc) is 3.25. The summed E-state index contributed by atoms with van der Waals surface area (Å²) in [6, 6.07) is 4.23. The number of aromatic nitrogens is 3. The van der Waals surface area contributed by atoms with Crippen molar-refractivity contribution in [2.75, 3.05) is 11.9 Å². The monoisotopic (exact) mass is 485 g/mol. The molecule has 1 N–H and O–H groups in total. The average molecular weight is 485 g/mol. The number of nitrogens with zero attached hydrogens (tertiary/aromatic N) is 4. The number of anilines is 1. The molecule has 3 aromatic rings. The third kappa shape index (κ3) is 5.10. The van der Waals surface area contributed by atoms with Crippen LogP contribution in [0.1, 0.15) is 47.4 Å². The highest BCUT2D eigenvalue weighted by molar-refractivity contribution is 5.94. The Morgan fingerprint density at radius 3 is 2.24 bits per heavy atom. The van der Waals surface area contributed by atoms with E-state index in [2.05, 4.69) is 15.3 Å². The van der Waals surface area contributed by atoms with E-state index in [1.165, 1.54) is 11.9 Å². The van der Waals surface area contributed by atoms with Crippen molar-refractivity contribution >= 4 is 17.2 Å². The summed E-state index contributed by atoms with van der Waals surface area (Å²) in [7, 11) is 1.47. The van der Waals surface area contributed by atoms with Crippen molar-refractivity contribution in [2.24, 2.45) is 0 Å². The maximum atomic E-state index is 13.1. The molecule has 3 aromatic heterocycles. The SMILES string of the molecule is CN(c1cc(C(F)(F)F)nc(C(F)(F)F)c1)C1CCC(NC(=O)c2ccc3nccn3c2)CC1. The molecule has 0 spiro atoms. The Labute approximate surface area is 190 Å². The van der Waals surface area contributed by atoms with Crippen LogP contribution in [0.2, 0.25) is 0 Å². The largest absolute Gasteiger partial charge is 0.433 e. The summed E-state index contributed by atoms with van der Waals surface area (Å²) in [5.74, 6) is -0.258. The number of halogens is 6. The standard InChI is InChI=1S/C22H21F6N5O/c1-32(16-10-17(21(23,24)25)31-18(11-16)22(26,27)28)15-5-3-14(4-6-15)30-20(34)13-2-7-19-29-8-9-33(19)12-13/h2,7-12,14-15H,3-6H2,1H3,(H,30,34). The first-order valence-corrected chi connectivity index (χ1v) is 10.5. The lowest BCUT2D eigenvalue weighted by Crippen LogP contribution is -2.43. The zero-order valence-electron chi connectivity index (χ0n) is 18.0. The fourth-order valence-corrected chi connectivity index (χ4v) is 4.15. The quantitative estimate of drug-likeness (QED) is 0.532. The fraction of sp³-hybridized carbons (Fsp3) is 0.409. The summed E-state index contributed by atoms with van der Waals surface area (Å²) in [5.41, 5.74) is -2.20. The number of carbonyl (C=O) groups is 1. The van der Waals surface area contributed by atoms with Gasteiger partial charge in [-0.05, 0) is 49.9 Å². The number of imidazole rings is 1. The van der Waals surface area contributed by atoms with Crippen molar-refractivity contribution < 1.29 is 31.1 Å². The van der Waals surface area contributed by atoms with Gasteiger partial charge < -0.3 is 14.6 Å². The molecule has 0 atom stereocenters. The van der Waals surface area contributed by atoms with Crippen LogP contribution in [-0.2, 0) is 12.4 Å². The van der Waals surface area contributed by atoms with Crippen LogP contribution in [0.25, 0.3) is 5.65 Å². The van der Waals surface area contributed by atoms with Crippen molar-refractivity contribution in [1.29, 1.82) is 0 Å². The maximum Gasteiger partial charge on any atom is 0.433 e. The molecule has 0 bridgehead atoms. The number of nitrogens with one attached hydrogen (secondary N) is 1. The predicted molar refractivity (Wildman–Crippen MR) is 111 cm³/mol.